The van der Waals surface area contributed by atoms with E-state index >= 15 is 0 Å². The maximum absolute atomic E-state index is 13.1. The van der Waals surface area contributed by atoms with E-state index in [1.165, 1.54) is 16.8 Å². The maximum Gasteiger partial charge on any atom is 0.253 e. The predicted molar refractivity (Wildman–Crippen MR) is 117 cm³/mol. The molecule has 1 aromatic carbocycles. The Hall–Kier alpha value is -3.33. The average molecular weight is 436 g/mol. The Morgan fingerprint density at radius 3 is 2.87 bits per heavy atom. The van der Waals surface area contributed by atoms with Crippen molar-refractivity contribution in [1.29, 1.82) is 0 Å². The van der Waals surface area contributed by atoms with Crippen molar-refractivity contribution < 1.29 is 13.6 Å². The molecule has 8 nitrogen and oxygen atoms in total. The Kier molecular flexibility index (Phi) is 5.11. The van der Waals surface area contributed by atoms with Crippen molar-refractivity contribution in [2.75, 3.05) is 5.75 Å². The summed E-state index contributed by atoms with van der Waals surface area (Å²) in [7, 11) is 0. The van der Waals surface area contributed by atoms with E-state index in [9.17, 15) is 4.79 Å². The Labute approximate surface area is 182 Å². The summed E-state index contributed by atoms with van der Waals surface area (Å²) >= 11 is 1.36. The van der Waals surface area contributed by atoms with Crippen LogP contribution >= 0.6 is 11.8 Å². The monoisotopic (exact) mass is 435 g/mol. The molecule has 1 aliphatic rings. The second-order valence-corrected chi connectivity index (χ2v) is 8.17. The number of hydrogen-bond donors (Lipinski definition) is 0. The van der Waals surface area contributed by atoms with Crippen LogP contribution in [-0.2, 0) is 11.3 Å². The van der Waals surface area contributed by atoms with E-state index < -0.39 is 0 Å². The van der Waals surface area contributed by atoms with Gasteiger partial charge in [0.15, 0.2) is 10.9 Å². The van der Waals surface area contributed by atoms with Gasteiger partial charge in [-0.05, 0) is 38.1 Å². The quantitative estimate of drug-likeness (QED) is 0.417. The van der Waals surface area contributed by atoms with Crippen LogP contribution < -0.4 is 0 Å². The van der Waals surface area contributed by atoms with E-state index in [0.29, 0.717) is 17.9 Å². The lowest BCUT2D eigenvalue weighted by Gasteiger charge is -2.19. The first-order valence-electron chi connectivity index (χ1n) is 10.1. The van der Waals surface area contributed by atoms with Gasteiger partial charge in [0, 0.05) is 18.4 Å². The molecule has 3 aromatic heterocycles. The van der Waals surface area contributed by atoms with E-state index in [2.05, 4.69) is 15.3 Å². The van der Waals surface area contributed by atoms with E-state index in [1.807, 2.05) is 60.9 Å². The Bertz CT molecular complexity index is 1220. The van der Waals surface area contributed by atoms with Gasteiger partial charge in [0.1, 0.15) is 28.9 Å². The van der Waals surface area contributed by atoms with Crippen LogP contribution in [0.15, 0.2) is 67.8 Å². The summed E-state index contributed by atoms with van der Waals surface area (Å²) in [4.78, 5) is 13.1. The highest BCUT2D eigenvalue weighted by Crippen LogP contribution is 2.35. The number of carbonyl (C=O) groups is 1. The zero-order chi connectivity index (χ0) is 21.4. The predicted octanol–water partition coefficient (Wildman–Crippen LogP) is 4.42. The number of carbonyl (C=O) groups excluding carboxylic acids is 1. The first kappa shape index (κ1) is 19.6. The third kappa shape index (κ3) is 3.65. The summed E-state index contributed by atoms with van der Waals surface area (Å²) in [5.41, 5.74) is 1.52. The summed E-state index contributed by atoms with van der Waals surface area (Å²) in [5, 5.41) is 16.2. The highest BCUT2D eigenvalue weighted by molar-refractivity contribution is 7.99. The van der Waals surface area contributed by atoms with Gasteiger partial charge in [-0.15, -0.1) is 10.2 Å². The van der Waals surface area contributed by atoms with Gasteiger partial charge >= 0.3 is 0 Å². The first-order valence-corrected chi connectivity index (χ1v) is 11.1. The molecule has 0 N–H and O–H groups in total. The minimum Gasteiger partial charge on any atom is -0.467 e. The van der Waals surface area contributed by atoms with Gasteiger partial charge in [-0.3, -0.25) is 4.79 Å². The Balaban J connectivity index is 1.41. The van der Waals surface area contributed by atoms with Crippen LogP contribution in [0.5, 0.6) is 0 Å². The number of thioether (sulfide) groups is 1. The molecule has 1 amide bonds. The zero-order valence-corrected chi connectivity index (χ0v) is 18.0. The fourth-order valence-electron chi connectivity index (χ4n) is 3.74. The SMILES string of the molecule is CCn1c(C)nnc1SCC(=O)N1N=C(c2cc3ccccc3o2)CC1c1ccco1. The molecule has 31 heavy (non-hydrogen) atoms. The lowest BCUT2D eigenvalue weighted by atomic mass is 10.1. The lowest BCUT2D eigenvalue weighted by Crippen LogP contribution is -2.28. The molecule has 0 saturated carbocycles. The number of para-hydroxylation sites is 1. The minimum atomic E-state index is -0.308. The molecule has 0 bridgehead atoms. The molecular weight excluding hydrogens is 414 g/mol. The van der Waals surface area contributed by atoms with Crippen molar-refractivity contribution in [3.05, 3.63) is 66.1 Å². The molecule has 0 radical (unpaired) electrons. The number of furan rings is 2. The number of rotatable bonds is 6. The standard InChI is InChI=1S/C22H21N5O3S/c1-3-26-14(2)23-24-22(26)31-13-21(28)27-17(19-9-6-10-29-19)12-16(25-27)20-11-15-7-4-5-8-18(15)30-20/h4-11,17H,3,12-13H2,1-2H3. The Morgan fingerprint density at radius 1 is 1.23 bits per heavy atom. The molecule has 4 heterocycles. The second-order valence-electron chi connectivity index (χ2n) is 7.23. The molecule has 1 unspecified atom stereocenters. The van der Waals surface area contributed by atoms with Crippen molar-refractivity contribution in [2.45, 2.75) is 38.0 Å². The van der Waals surface area contributed by atoms with Gasteiger partial charge < -0.3 is 13.4 Å². The number of benzene rings is 1. The molecule has 0 fully saturated rings. The maximum atomic E-state index is 13.1. The third-order valence-electron chi connectivity index (χ3n) is 5.29. The second kappa shape index (κ2) is 8.07. The number of nitrogens with zero attached hydrogens (tertiary/aromatic N) is 5. The number of aryl methyl sites for hydroxylation is 1. The number of amides is 1. The van der Waals surface area contributed by atoms with Crippen LogP contribution in [0.1, 0.15) is 36.7 Å². The van der Waals surface area contributed by atoms with Crippen LogP contribution in [0.4, 0.5) is 0 Å². The van der Waals surface area contributed by atoms with Crippen molar-refractivity contribution >= 4 is 34.3 Å². The largest absolute Gasteiger partial charge is 0.467 e. The topological polar surface area (TPSA) is 89.7 Å². The number of fused-ring (bicyclic) bond motifs is 1. The van der Waals surface area contributed by atoms with Crippen molar-refractivity contribution in [3.63, 3.8) is 0 Å². The van der Waals surface area contributed by atoms with Gasteiger partial charge in [-0.1, -0.05) is 30.0 Å². The minimum absolute atomic E-state index is 0.124. The zero-order valence-electron chi connectivity index (χ0n) is 17.2. The molecule has 5 rings (SSSR count). The summed E-state index contributed by atoms with van der Waals surface area (Å²) in [5.74, 6) is 2.27. The number of hydrazone groups is 1. The van der Waals surface area contributed by atoms with Crippen molar-refractivity contribution in [1.82, 2.24) is 19.8 Å². The molecule has 0 spiro atoms. The van der Waals surface area contributed by atoms with Crippen LogP contribution in [0.25, 0.3) is 11.0 Å². The van der Waals surface area contributed by atoms with Gasteiger partial charge in [0.05, 0.1) is 12.0 Å². The highest BCUT2D eigenvalue weighted by atomic mass is 32.2. The third-order valence-corrected chi connectivity index (χ3v) is 6.24. The molecule has 158 valence electrons. The molecule has 0 aliphatic carbocycles. The van der Waals surface area contributed by atoms with Crippen LogP contribution in [0.3, 0.4) is 0 Å². The van der Waals surface area contributed by atoms with Gasteiger partial charge in [0.25, 0.3) is 5.91 Å². The van der Waals surface area contributed by atoms with E-state index in [4.69, 9.17) is 8.83 Å². The summed E-state index contributed by atoms with van der Waals surface area (Å²) < 4.78 is 13.6. The van der Waals surface area contributed by atoms with Crippen molar-refractivity contribution in [2.24, 2.45) is 5.10 Å². The van der Waals surface area contributed by atoms with Crippen LogP contribution in [-0.4, -0.2) is 37.1 Å². The summed E-state index contributed by atoms with van der Waals surface area (Å²) in [6.45, 7) is 4.68. The highest BCUT2D eigenvalue weighted by Gasteiger charge is 2.36. The number of hydrogen-bond acceptors (Lipinski definition) is 7. The molecule has 4 aromatic rings. The molecule has 0 saturated heterocycles. The van der Waals surface area contributed by atoms with Crippen LogP contribution in [0.2, 0.25) is 0 Å². The first-order chi connectivity index (χ1) is 15.1. The van der Waals surface area contributed by atoms with Gasteiger partial charge in [0.2, 0.25) is 0 Å². The smallest absolute Gasteiger partial charge is 0.253 e. The summed E-state index contributed by atoms with van der Waals surface area (Å²) in [6, 6.07) is 13.1. The van der Waals surface area contributed by atoms with Crippen LogP contribution in [0, 0.1) is 6.92 Å². The van der Waals surface area contributed by atoms with E-state index in [1.54, 1.807) is 6.26 Å². The molecular formula is C22H21N5O3S. The fraction of sp³-hybridized carbons (Fsp3) is 0.273. The molecule has 9 heteroatoms. The van der Waals surface area contributed by atoms with Gasteiger partial charge in [-0.25, -0.2) is 5.01 Å². The normalized spacial score (nSPS) is 16.3. The average Bonchev–Trinajstić information content (AvgIpc) is 3.56. The summed E-state index contributed by atoms with van der Waals surface area (Å²) in [6.07, 6.45) is 2.13. The molecule has 1 aliphatic heterocycles. The Morgan fingerprint density at radius 2 is 2.10 bits per heavy atom. The van der Waals surface area contributed by atoms with Gasteiger partial charge in [-0.2, -0.15) is 5.10 Å². The van der Waals surface area contributed by atoms with E-state index in [-0.39, 0.29) is 17.7 Å². The lowest BCUT2D eigenvalue weighted by molar-refractivity contribution is -0.130. The van der Waals surface area contributed by atoms with Crippen molar-refractivity contribution in [3.8, 4) is 0 Å². The van der Waals surface area contributed by atoms with E-state index in [0.717, 1.165) is 34.2 Å². The number of aromatic nitrogens is 3. The molecule has 1 atom stereocenters. The fourth-order valence-corrected chi connectivity index (χ4v) is 4.64.